The van der Waals surface area contributed by atoms with E-state index in [0.29, 0.717) is 50.0 Å². The number of hydrogen-bond acceptors (Lipinski definition) is 7. The van der Waals surface area contributed by atoms with Crippen molar-refractivity contribution in [3.05, 3.63) is 207 Å². The van der Waals surface area contributed by atoms with Crippen LogP contribution in [-0.4, -0.2) is 44.4 Å². The lowest BCUT2D eigenvalue weighted by Crippen LogP contribution is -2.67. The molecule has 60 heavy (non-hydrogen) atoms. The zero-order valence-electron chi connectivity index (χ0n) is 34.3. The normalized spacial score (nSPS) is 22.3. The number of benzene rings is 6. The maximum Gasteiger partial charge on any atom is 0.202 e. The first kappa shape index (κ1) is 41.9. The molecule has 0 N–H and O–H groups in total. The first-order valence-corrected chi connectivity index (χ1v) is 21.3. The van der Waals surface area contributed by atoms with Crippen LogP contribution in [0.3, 0.4) is 0 Å². The summed E-state index contributed by atoms with van der Waals surface area (Å²) in [5, 5.41) is 0.599. The van der Waals surface area contributed by atoms with Crippen LogP contribution in [-0.2, 0) is 73.3 Å². The molecule has 0 bridgehead atoms. The number of rotatable bonds is 17. The summed E-state index contributed by atoms with van der Waals surface area (Å²) >= 11 is 7.13. The molecular formula is C52H53ClO7. The van der Waals surface area contributed by atoms with Crippen molar-refractivity contribution in [2.45, 2.75) is 88.9 Å². The van der Waals surface area contributed by atoms with E-state index in [1.165, 1.54) is 5.56 Å². The Morgan fingerprint density at radius 1 is 0.600 bits per heavy atom. The summed E-state index contributed by atoms with van der Waals surface area (Å²) in [6.07, 6.45) is -1.31. The molecule has 0 aromatic heterocycles. The van der Waals surface area contributed by atoms with E-state index in [1.54, 1.807) is 7.11 Å². The summed E-state index contributed by atoms with van der Waals surface area (Å²) in [7, 11) is 1.65. The molecule has 0 radical (unpaired) electrons. The Bertz CT molecular complexity index is 2220. The minimum Gasteiger partial charge on any atom is -0.464 e. The van der Waals surface area contributed by atoms with Crippen LogP contribution in [0.5, 0.6) is 5.75 Å². The average molecular weight is 825 g/mol. The van der Waals surface area contributed by atoms with Gasteiger partial charge in [-0.1, -0.05) is 164 Å². The maximum absolute atomic E-state index is 7.61. The molecule has 0 saturated carbocycles. The second-order valence-corrected chi connectivity index (χ2v) is 16.0. The number of halogens is 1. The van der Waals surface area contributed by atoms with Gasteiger partial charge in [0.05, 0.1) is 33.0 Å². The van der Waals surface area contributed by atoms with Crippen molar-refractivity contribution in [3.8, 4) is 5.75 Å². The molecule has 2 aliphatic heterocycles. The summed E-state index contributed by atoms with van der Waals surface area (Å²) < 4.78 is 48.1. The fraction of sp³-hybridized carbons (Fsp3) is 0.308. The molecule has 8 rings (SSSR count). The molecule has 6 aromatic rings. The van der Waals surface area contributed by atoms with Crippen molar-refractivity contribution >= 4 is 11.6 Å². The minimum atomic E-state index is -1.15. The highest BCUT2D eigenvalue weighted by atomic mass is 35.5. The molecule has 0 aliphatic carbocycles. The second-order valence-electron chi connectivity index (χ2n) is 15.6. The first-order chi connectivity index (χ1) is 29.5. The highest BCUT2D eigenvalue weighted by molar-refractivity contribution is 6.31. The largest absolute Gasteiger partial charge is 0.464 e. The van der Waals surface area contributed by atoms with Gasteiger partial charge in [-0.25, -0.2) is 0 Å². The van der Waals surface area contributed by atoms with Gasteiger partial charge < -0.3 is 33.2 Å². The van der Waals surface area contributed by atoms with Gasteiger partial charge in [0.15, 0.2) is 0 Å². The van der Waals surface area contributed by atoms with E-state index in [4.69, 9.17) is 44.8 Å². The van der Waals surface area contributed by atoms with Crippen molar-refractivity contribution in [1.29, 1.82) is 0 Å². The van der Waals surface area contributed by atoms with Crippen LogP contribution in [0.4, 0.5) is 0 Å². The van der Waals surface area contributed by atoms with Gasteiger partial charge in [-0.15, -0.1) is 0 Å². The Kier molecular flexibility index (Phi) is 14.1. The maximum atomic E-state index is 7.61. The van der Waals surface area contributed by atoms with Crippen LogP contribution in [0.15, 0.2) is 158 Å². The van der Waals surface area contributed by atoms with E-state index in [-0.39, 0.29) is 6.61 Å². The summed E-state index contributed by atoms with van der Waals surface area (Å²) in [6, 6.07) is 53.5. The third kappa shape index (κ3) is 10.0. The fourth-order valence-corrected chi connectivity index (χ4v) is 8.51. The van der Waals surface area contributed by atoms with Gasteiger partial charge in [-0.3, -0.25) is 0 Å². The molecule has 1 fully saturated rings. The summed E-state index contributed by atoms with van der Waals surface area (Å²) in [4.78, 5) is 0. The van der Waals surface area contributed by atoms with Crippen molar-refractivity contribution in [2.24, 2.45) is 0 Å². The van der Waals surface area contributed by atoms with Gasteiger partial charge in [-0.2, -0.15) is 0 Å². The Morgan fingerprint density at radius 3 is 1.67 bits per heavy atom. The third-order valence-electron chi connectivity index (χ3n) is 11.5. The standard InChI is InChI=1S/C52H53ClO7/c1-3-37-24-26-38(27-25-37)28-43-29-44-46(30-45(43)53)59-48(54-2)31-52(44)51(58-35-42-22-14-7-15-23-42)50(57-34-41-20-12-6-13-21-41)49(56-33-40-18-10-5-11-19-40)47(60-52)36-55-32-39-16-8-4-9-17-39/h4-27,29-30,47-51H,3,28,31-36H2,1-2H3/t47-,48?,49-,50+,51-,52?/m1/s1. The molecule has 8 heteroatoms. The molecule has 6 atom stereocenters. The monoisotopic (exact) mass is 824 g/mol. The summed E-state index contributed by atoms with van der Waals surface area (Å²) in [5.41, 5.74) is 7.21. The number of hydrogen-bond donors (Lipinski definition) is 0. The van der Waals surface area contributed by atoms with Crippen LogP contribution in [0.25, 0.3) is 0 Å². The van der Waals surface area contributed by atoms with Crippen LogP contribution in [0, 0.1) is 0 Å². The molecule has 1 saturated heterocycles. The highest BCUT2D eigenvalue weighted by Crippen LogP contribution is 2.53. The van der Waals surface area contributed by atoms with Crippen LogP contribution < -0.4 is 4.74 Å². The summed E-state index contributed by atoms with van der Waals surface area (Å²) in [5.74, 6) is 0.575. The van der Waals surface area contributed by atoms with Crippen LogP contribution in [0.2, 0.25) is 5.02 Å². The number of ether oxygens (including phenoxy) is 7. The molecule has 1 spiro atoms. The zero-order valence-corrected chi connectivity index (χ0v) is 35.0. The zero-order chi connectivity index (χ0) is 41.2. The lowest BCUT2D eigenvalue weighted by Gasteiger charge is -2.55. The predicted molar refractivity (Wildman–Crippen MR) is 234 cm³/mol. The smallest absolute Gasteiger partial charge is 0.202 e. The van der Waals surface area contributed by atoms with E-state index in [2.05, 4.69) is 85.8 Å². The van der Waals surface area contributed by atoms with Crippen LogP contribution >= 0.6 is 11.6 Å². The van der Waals surface area contributed by atoms with Crippen LogP contribution in [0.1, 0.15) is 57.9 Å². The first-order valence-electron chi connectivity index (χ1n) is 20.9. The van der Waals surface area contributed by atoms with E-state index in [9.17, 15) is 0 Å². The second kappa shape index (κ2) is 20.2. The highest BCUT2D eigenvalue weighted by Gasteiger charge is 2.61. The van der Waals surface area contributed by atoms with E-state index in [1.807, 2.05) is 78.9 Å². The molecule has 6 aromatic carbocycles. The Labute approximate surface area is 359 Å². The molecule has 2 unspecified atom stereocenters. The lowest BCUT2D eigenvalue weighted by atomic mass is 9.75. The molecule has 2 aliphatic rings. The Hall–Kier alpha value is -4.83. The minimum absolute atomic E-state index is 0.227. The van der Waals surface area contributed by atoms with Gasteiger partial charge in [0.1, 0.15) is 35.8 Å². The van der Waals surface area contributed by atoms with Gasteiger partial charge in [0, 0.05) is 24.1 Å². The molecule has 0 amide bonds. The topological polar surface area (TPSA) is 64.6 Å². The van der Waals surface area contributed by atoms with E-state index in [0.717, 1.165) is 45.4 Å². The van der Waals surface area contributed by atoms with Crippen molar-refractivity contribution < 1.29 is 33.2 Å². The number of aryl methyl sites for hydroxylation is 1. The number of fused-ring (bicyclic) bond motifs is 2. The van der Waals surface area contributed by atoms with Crippen molar-refractivity contribution in [1.82, 2.24) is 0 Å². The predicted octanol–water partition coefficient (Wildman–Crippen LogP) is 10.8. The Morgan fingerprint density at radius 2 is 1.12 bits per heavy atom. The summed E-state index contributed by atoms with van der Waals surface area (Å²) in [6.45, 7) is 3.76. The fourth-order valence-electron chi connectivity index (χ4n) is 8.29. The molecule has 2 heterocycles. The quantitative estimate of drug-likeness (QED) is 0.0907. The Balaban J connectivity index is 1.25. The lowest BCUT2D eigenvalue weighted by molar-refractivity contribution is -0.328. The van der Waals surface area contributed by atoms with E-state index >= 15 is 0 Å². The van der Waals surface area contributed by atoms with Gasteiger partial charge in [0.25, 0.3) is 0 Å². The number of methoxy groups -OCH3 is 1. The third-order valence-corrected chi connectivity index (χ3v) is 11.8. The SMILES string of the molecule is CCc1ccc(Cc2cc3c(cc2Cl)OC(OC)CC32O[C@H](COCc3ccccc3)[C@@H](OCc3ccccc3)[C@H](OCc3ccccc3)[C@H]2OCc2ccccc2)cc1. The average Bonchev–Trinajstić information content (AvgIpc) is 3.29. The van der Waals surface area contributed by atoms with Gasteiger partial charge in [-0.05, 0) is 63.9 Å². The van der Waals surface area contributed by atoms with E-state index < -0.39 is 36.3 Å². The molecule has 310 valence electrons. The van der Waals surface area contributed by atoms with Gasteiger partial charge in [0.2, 0.25) is 6.29 Å². The van der Waals surface area contributed by atoms with Gasteiger partial charge >= 0.3 is 0 Å². The van der Waals surface area contributed by atoms with Crippen molar-refractivity contribution in [2.75, 3.05) is 13.7 Å². The van der Waals surface area contributed by atoms with Crippen molar-refractivity contribution in [3.63, 3.8) is 0 Å². The molecule has 7 nitrogen and oxygen atoms in total. The molecular weight excluding hydrogens is 772 g/mol.